The Labute approximate surface area is 133 Å². The summed E-state index contributed by atoms with van der Waals surface area (Å²) in [6.07, 6.45) is 1.67. The van der Waals surface area contributed by atoms with E-state index in [1.807, 2.05) is 25.1 Å². The van der Waals surface area contributed by atoms with Crippen molar-refractivity contribution in [2.24, 2.45) is 0 Å². The van der Waals surface area contributed by atoms with E-state index in [0.717, 1.165) is 5.69 Å². The van der Waals surface area contributed by atoms with Crippen LogP contribution in [0.5, 0.6) is 0 Å². The molecule has 0 aliphatic rings. The predicted molar refractivity (Wildman–Crippen MR) is 84.7 cm³/mol. The number of hydrogen-bond acceptors (Lipinski definition) is 2. The third-order valence-electron chi connectivity index (χ3n) is 3.11. The summed E-state index contributed by atoms with van der Waals surface area (Å²) in [4.78, 5) is 7.39. The summed E-state index contributed by atoms with van der Waals surface area (Å²) >= 11 is 0. The lowest BCUT2D eigenvalue weighted by Gasteiger charge is -2.04. The van der Waals surface area contributed by atoms with Gasteiger partial charge in [-0.3, -0.25) is 0 Å². The molecule has 5 heteroatoms. The maximum Gasteiger partial charge on any atom is 0.192 e. The SMILES string of the molecule is [C-]#[N+]c1cc(F)cc(-n2nc(C#Cc3ccccn3)cc2C)c1. The number of pyridine rings is 1. The van der Waals surface area contributed by atoms with Crippen LogP contribution in [-0.4, -0.2) is 14.8 Å². The number of nitrogens with zero attached hydrogens (tertiary/aromatic N) is 4. The number of rotatable bonds is 1. The summed E-state index contributed by atoms with van der Waals surface area (Å²) in [5.74, 6) is 5.40. The molecule has 0 aliphatic heterocycles. The van der Waals surface area contributed by atoms with E-state index >= 15 is 0 Å². The van der Waals surface area contributed by atoms with Crippen LogP contribution in [0.2, 0.25) is 0 Å². The van der Waals surface area contributed by atoms with Crippen molar-refractivity contribution >= 4 is 5.69 Å². The van der Waals surface area contributed by atoms with Gasteiger partial charge in [0.15, 0.2) is 5.69 Å². The highest BCUT2D eigenvalue weighted by molar-refractivity contribution is 5.53. The average Bonchev–Trinajstić information content (AvgIpc) is 2.94. The molecule has 0 N–H and O–H groups in total. The number of hydrogen-bond donors (Lipinski definition) is 0. The maximum atomic E-state index is 13.6. The summed E-state index contributed by atoms with van der Waals surface area (Å²) in [7, 11) is 0. The second kappa shape index (κ2) is 6.13. The normalized spacial score (nSPS) is 9.78. The van der Waals surface area contributed by atoms with E-state index in [2.05, 4.69) is 26.8 Å². The van der Waals surface area contributed by atoms with Crippen molar-refractivity contribution in [2.45, 2.75) is 6.92 Å². The fraction of sp³-hybridized carbons (Fsp3) is 0.0556. The minimum absolute atomic E-state index is 0.232. The molecule has 0 radical (unpaired) electrons. The topological polar surface area (TPSA) is 35.1 Å². The van der Waals surface area contributed by atoms with E-state index in [1.165, 1.54) is 12.1 Å². The molecule has 0 spiro atoms. The fourth-order valence-electron chi connectivity index (χ4n) is 2.11. The molecule has 23 heavy (non-hydrogen) atoms. The third-order valence-corrected chi connectivity index (χ3v) is 3.11. The number of aromatic nitrogens is 3. The van der Waals surface area contributed by atoms with Crippen molar-refractivity contribution in [1.82, 2.24) is 14.8 Å². The van der Waals surface area contributed by atoms with Crippen molar-refractivity contribution in [3.63, 3.8) is 0 Å². The minimum atomic E-state index is -0.468. The number of benzene rings is 1. The molecule has 0 saturated carbocycles. The molecule has 110 valence electrons. The van der Waals surface area contributed by atoms with Gasteiger partial charge in [0.1, 0.15) is 17.2 Å². The molecule has 0 unspecified atom stereocenters. The van der Waals surface area contributed by atoms with Gasteiger partial charge >= 0.3 is 0 Å². The largest absolute Gasteiger partial charge is 0.248 e. The van der Waals surface area contributed by atoms with Crippen molar-refractivity contribution in [2.75, 3.05) is 0 Å². The summed E-state index contributed by atoms with van der Waals surface area (Å²) in [6.45, 7) is 8.87. The predicted octanol–water partition coefficient (Wildman–Crippen LogP) is 3.67. The Morgan fingerprint density at radius 1 is 1.13 bits per heavy atom. The van der Waals surface area contributed by atoms with Crippen LogP contribution in [0, 0.1) is 31.2 Å². The fourth-order valence-corrected chi connectivity index (χ4v) is 2.11. The van der Waals surface area contributed by atoms with Gasteiger partial charge in [-0.25, -0.2) is 18.9 Å². The van der Waals surface area contributed by atoms with Gasteiger partial charge in [-0.1, -0.05) is 6.07 Å². The maximum absolute atomic E-state index is 13.6. The van der Waals surface area contributed by atoms with Gasteiger partial charge in [-0.05, 0) is 55.2 Å². The van der Waals surface area contributed by atoms with Crippen molar-refractivity contribution in [1.29, 1.82) is 0 Å². The molecule has 0 aliphatic carbocycles. The summed E-state index contributed by atoms with van der Waals surface area (Å²) in [5, 5.41) is 4.36. The van der Waals surface area contributed by atoms with Crippen LogP contribution in [0.3, 0.4) is 0 Å². The van der Waals surface area contributed by atoms with Crippen molar-refractivity contribution in [3.05, 3.63) is 83.0 Å². The summed E-state index contributed by atoms with van der Waals surface area (Å²) in [6, 6.07) is 11.4. The van der Waals surface area contributed by atoms with E-state index in [4.69, 9.17) is 6.57 Å². The molecule has 2 heterocycles. The van der Waals surface area contributed by atoms with E-state index in [1.54, 1.807) is 23.0 Å². The summed E-state index contributed by atoms with van der Waals surface area (Å²) < 4.78 is 15.2. The van der Waals surface area contributed by atoms with Gasteiger partial charge in [0.05, 0.1) is 12.3 Å². The first-order valence-corrected chi connectivity index (χ1v) is 6.84. The third kappa shape index (κ3) is 3.25. The van der Waals surface area contributed by atoms with Gasteiger partial charge in [0, 0.05) is 11.9 Å². The Morgan fingerprint density at radius 3 is 2.70 bits per heavy atom. The second-order valence-electron chi connectivity index (χ2n) is 4.83. The first kappa shape index (κ1) is 14.5. The molecule has 2 aromatic heterocycles. The van der Waals surface area contributed by atoms with Gasteiger partial charge in [0.25, 0.3) is 0 Å². The Morgan fingerprint density at radius 2 is 1.96 bits per heavy atom. The quantitative estimate of drug-likeness (QED) is 0.508. The Hall–Kier alpha value is -3.44. The highest BCUT2D eigenvalue weighted by Crippen LogP contribution is 2.21. The zero-order valence-electron chi connectivity index (χ0n) is 12.3. The van der Waals surface area contributed by atoms with E-state index in [9.17, 15) is 4.39 Å². The average molecular weight is 302 g/mol. The smallest absolute Gasteiger partial charge is 0.192 e. The molecule has 0 amide bonds. The van der Waals surface area contributed by atoms with Crippen LogP contribution in [0.15, 0.2) is 48.7 Å². The lowest BCUT2D eigenvalue weighted by Crippen LogP contribution is -1.99. The van der Waals surface area contributed by atoms with Crippen LogP contribution in [0.25, 0.3) is 10.5 Å². The molecular weight excluding hydrogens is 291 g/mol. The summed E-state index contributed by atoms with van der Waals surface area (Å²) in [5.41, 5.74) is 2.75. The molecule has 3 aromatic rings. The van der Waals surface area contributed by atoms with Crippen LogP contribution in [0.1, 0.15) is 17.1 Å². The molecule has 0 fully saturated rings. The Bertz CT molecular complexity index is 956. The molecule has 0 bridgehead atoms. The van der Waals surface area contributed by atoms with Crippen LogP contribution in [-0.2, 0) is 0 Å². The van der Waals surface area contributed by atoms with Gasteiger partial charge in [0.2, 0.25) is 0 Å². The lowest BCUT2D eigenvalue weighted by molar-refractivity contribution is 0.626. The van der Waals surface area contributed by atoms with Gasteiger partial charge in [-0.2, -0.15) is 5.10 Å². The molecular formula is C18H11FN4. The Kier molecular flexibility index (Phi) is 3.86. The first-order valence-electron chi connectivity index (χ1n) is 6.84. The van der Waals surface area contributed by atoms with Crippen molar-refractivity contribution in [3.8, 4) is 17.5 Å². The van der Waals surface area contributed by atoms with Crippen LogP contribution >= 0.6 is 0 Å². The highest BCUT2D eigenvalue weighted by atomic mass is 19.1. The second-order valence-corrected chi connectivity index (χ2v) is 4.83. The molecule has 3 rings (SSSR count). The number of aryl methyl sites for hydroxylation is 1. The van der Waals surface area contributed by atoms with Crippen LogP contribution in [0.4, 0.5) is 10.1 Å². The highest BCUT2D eigenvalue weighted by Gasteiger charge is 2.07. The molecule has 4 nitrogen and oxygen atoms in total. The van der Waals surface area contributed by atoms with Crippen LogP contribution < -0.4 is 0 Å². The standard InChI is InChI=1S/C18H11FN4/c1-13-9-16(7-6-15-5-3-4-8-21-15)22-23(13)18-11-14(19)10-17(12-18)20-2/h3-5,8-12H,1H3. The van der Waals surface area contributed by atoms with E-state index in [0.29, 0.717) is 17.1 Å². The first-order chi connectivity index (χ1) is 11.2. The lowest BCUT2D eigenvalue weighted by atomic mass is 10.2. The van der Waals surface area contributed by atoms with Gasteiger partial charge < -0.3 is 0 Å². The zero-order valence-corrected chi connectivity index (χ0v) is 12.3. The monoisotopic (exact) mass is 302 g/mol. The van der Waals surface area contributed by atoms with Crippen molar-refractivity contribution < 1.29 is 4.39 Å². The minimum Gasteiger partial charge on any atom is -0.248 e. The van der Waals surface area contributed by atoms with E-state index in [-0.39, 0.29) is 5.69 Å². The number of halogens is 1. The molecule has 0 atom stereocenters. The molecule has 0 saturated heterocycles. The Balaban J connectivity index is 1.98. The molecule has 1 aromatic carbocycles. The van der Waals surface area contributed by atoms with Gasteiger partial charge in [-0.15, -0.1) is 0 Å². The van der Waals surface area contributed by atoms with E-state index < -0.39 is 5.82 Å². The zero-order chi connectivity index (χ0) is 16.2.